The van der Waals surface area contributed by atoms with Crippen molar-refractivity contribution in [3.8, 4) is 0 Å². The second kappa shape index (κ2) is 6.06. The first kappa shape index (κ1) is 13.2. The van der Waals surface area contributed by atoms with Crippen LogP contribution in [0.15, 0.2) is 48.7 Å². The molecule has 0 aliphatic carbocycles. The van der Waals surface area contributed by atoms with E-state index in [1.54, 1.807) is 0 Å². The molecule has 98 valence electrons. The molecular weight excluding hydrogens is 245 g/mol. The van der Waals surface area contributed by atoms with Crippen LogP contribution in [-0.4, -0.2) is 17.4 Å². The number of nitrogens with one attached hydrogen (secondary N) is 1. The van der Waals surface area contributed by atoms with E-state index < -0.39 is 5.82 Å². The van der Waals surface area contributed by atoms with Gasteiger partial charge in [-0.3, -0.25) is 4.79 Å². The van der Waals surface area contributed by atoms with Gasteiger partial charge in [0.1, 0.15) is 11.5 Å². The topological polar surface area (TPSA) is 68.0 Å². The molecule has 0 aliphatic heterocycles. The van der Waals surface area contributed by atoms with E-state index in [1.165, 1.54) is 12.1 Å². The summed E-state index contributed by atoms with van der Waals surface area (Å²) in [6.45, 7) is 0.275. The summed E-state index contributed by atoms with van der Waals surface area (Å²) in [5.41, 5.74) is 6.74. The minimum absolute atomic E-state index is 0.163. The molecule has 0 aliphatic rings. The number of carbonyl (C=O) groups excluding carboxylic acids is 1. The summed E-state index contributed by atoms with van der Waals surface area (Å²) >= 11 is 0. The van der Waals surface area contributed by atoms with E-state index in [0.29, 0.717) is 0 Å². The van der Waals surface area contributed by atoms with Gasteiger partial charge in [0.15, 0.2) is 0 Å². The van der Waals surface area contributed by atoms with Crippen LogP contribution < -0.4 is 11.1 Å². The number of amides is 1. The van der Waals surface area contributed by atoms with Gasteiger partial charge in [-0.1, -0.05) is 30.3 Å². The van der Waals surface area contributed by atoms with Crippen LogP contribution in [0, 0.1) is 5.82 Å². The molecule has 0 bridgehead atoms. The lowest BCUT2D eigenvalue weighted by Gasteiger charge is -2.16. The molecule has 0 saturated heterocycles. The Morgan fingerprint density at radius 1 is 1.26 bits per heavy atom. The summed E-state index contributed by atoms with van der Waals surface area (Å²) < 4.78 is 12.7. The molecule has 0 radical (unpaired) electrons. The van der Waals surface area contributed by atoms with Crippen LogP contribution in [0.2, 0.25) is 0 Å². The van der Waals surface area contributed by atoms with Crippen molar-refractivity contribution in [2.45, 2.75) is 6.04 Å². The van der Waals surface area contributed by atoms with Crippen LogP contribution in [0.25, 0.3) is 0 Å². The zero-order valence-corrected chi connectivity index (χ0v) is 10.2. The highest BCUT2D eigenvalue weighted by molar-refractivity contribution is 5.92. The largest absolute Gasteiger partial charge is 0.343 e. The lowest BCUT2D eigenvalue weighted by atomic mass is 10.1. The molecule has 0 fully saturated rings. The van der Waals surface area contributed by atoms with E-state index in [2.05, 4.69) is 10.3 Å². The van der Waals surface area contributed by atoms with Gasteiger partial charge < -0.3 is 11.1 Å². The number of benzene rings is 1. The first-order valence-corrected chi connectivity index (χ1v) is 5.88. The molecule has 0 saturated carbocycles. The fraction of sp³-hybridized carbons (Fsp3) is 0.143. The minimum Gasteiger partial charge on any atom is -0.343 e. The first-order chi connectivity index (χ1) is 9.20. The van der Waals surface area contributed by atoms with Crippen LogP contribution in [-0.2, 0) is 0 Å². The van der Waals surface area contributed by atoms with Crippen LogP contribution in [0.3, 0.4) is 0 Å². The van der Waals surface area contributed by atoms with Crippen LogP contribution in [0.1, 0.15) is 22.1 Å². The highest BCUT2D eigenvalue weighted by Crippen LogP contribution is 2.11. The van der Waals surface area contributed by atoms with Gasteiger partial charge >= 0.3 is 0 Å². The van der Waals surface area contributed by atoms with Crippen molar-refractivity contribution in [2.75, 3.05) is 6.54 Å². The Morgan fingerprint density at radius 2 is 2.00 bits per heavy atom. The van der Waals surface area contributed by atoms with Gasteiger partial charge in [-0.15, -0.1) is 0 Å². The van der Waals surface area contributed by atoms with Crippen molar-refractivity contribution in [3.63, 3.8) is 0 Å². The van der Waals surface area contributed by atoms with E-state index in [4.69, 9.17) is 5.73 Å². The third-order valence-electron chi connectivity index (χ3n) is 2.70. The Kier molecular flexibility index (Phi) is 4.20. The lowest BCUT2D eigenvalue weighted by Crippen LogP contribution is -2.33. The standard InChI is InChI=1S/C14H14FN3O/c15-11-6-7-12(17-9-11)14(19)18-13(8-16)10-4-2-1-3-5-10/h1-7,9,13H,8,16H2,(H,18,19). The zero-order chi connectivity index (χ0) is 13.7. The van der Waals surface area contributed by atoms with Gasteiger partial charge in [0.2, 0.25) is 0 Å². The summed E-state index contributed by atoms with van der Waals surface area (Å²) in [6.07, 6.45) is 1.01. The number of pyridine rings is 1. The molecule has 3 N–H and O–H groups in total. The Labute approximate surface area is 110 Å². The molecule has 0 spiro atoms. The number of aromatic nitrogens is 1. The van der Waals surface area contributed by atoms with Crippen molar-refractivity contribution >= 4 is 5.91 Å². The molecular formula is C14H14FN3O. The average molecular weight is 259 g/mol. The number of hydrogen-bond acceptors (Lipinski definition) is 3. The first-order valence-electron chi connectivity index (χ1n) is 5.88. The second-order valence-corrected chi connectivity index (χ2v) is 4.03. The Bertz CT molecular complexity index is 542. The van der Waals surface area contributed by atoms with Gasteiger partial charge in [-0.25, -0.2) is 9.37 Å². The van der Waals surface area contributed by atoms with Gasteiger partial charge in [0.05, 0.1) is 12.2 Å². The molecule has 2 rings (SSSR count). The Balaban J connectivity index is 2.10. The highest BCUT2D eigenvalue weighted by Gasteiger charge is 2.14. The summed E-state index contributed by atoms with van der Waals surface area (Å²) in [6, 6.07) is 11.7. The molecule has 1 aromatic heterocycles. The fourth-order valence-corrected chi connectivity index (χ4v) is 1.71. The molecule has 2 aromatic rings. The van der Waals surface area contributed by atoms with Crippen molar-refractivity contribution < 1.29 is 9.18 Å². The van der Waals surface area contributed by atoms with Gasteiger partial charge in [0, 0.05) is 6.54 Å². The SMILES string of the molecule is NCC(NC(=O)c1ccc(F)cn1)c1ccccc1. The smallest absolute Gasteiger partial charge is 0.270 e. The summed E-state index contributed by atoms with van der Waals surface area (Å²) in [7, 11) is 0. The van der Waals surface area contributed by atoms with E-state index >= 15 is 0 Å². The second-order valence-electron chi connectivity index (χ2n) is 4.03. The highest BCUT2D eigenvalue weighted by atomic mass is 19.1. The van der Waals surface area contributed by atoms with E-state index in [1.807, 2.05) is 30.3 Å². The Hall–Kier alpha value is -2.27. The maximum Gasteiger partial charge on any atom is 0.270 e. The van der Waals surface area contributed by atoms with Gasteiger partial charge in [-0.05, 0) is 17.7 Å². The lowest BCUT2D eigenvalue weighted by molar-refractivity contribution is 0.0932. The number of nitrogens with zero attached hydrogens (tertiary/aromatic N) is 1. The van der Waals surface area contributed by atoms with Crippen LogP contribution >= 0.6 is 0 Å². The van der Waals surface area contributed by atoms with Crippen LogP contribution in [0.5, 0.6) is 0 Å². The maximum absolute atomic E-state index is 12.7. The number of halogens is 1. The Morgan fingerprint density at radius 3 is 2.58 bits per heavy atom. The molecule has 19 heavy (non-hydrogen) atoms. The van der Waals surface area contributed by atoms with Gasteiger partial charge in [-0.2, -0.15) is 0 Å². The molecule has 1 heterocycles. The van der Waals surface area contributed by atoms with E-state index in [0.717, 1.165) is 11.8 Å². The average Bonchev–Trinajstić information content (AvgIpc) is 2.46. The zero-order valence-electron chi connectivity index (χ0n) is 10.2. The monoisotopic (exact) mass is 259 g/mol. The molecule has 1 unspecified atom stereocenters. The van der Waals surface area contributed by atoms with Crippen molar-refractivity contribution in [1.82, 2.24) is 10.3 Å². The maximum atomic E-state index is 12.7. The molecule has 5 heteroatoms. The number of carbonyl (C=O) groups is 1. The van der Waals surface area contributed by atoms with Gasteiger partial charge in [0.25, 0.3) is 5.91 Å². The molecule has 1 amide bonds. The molecule has 1 aromatic carbocycles. The van der Waals surface area contributed by atoms with Crippen molar-refractivity contribution in [3.05, 3.63) is 65.7 Å². The van der Waals surface area contributed by atoms with Crippen LogP contribution in [0.4, 0.5) is 4.39 Å². The van der Waals surface area contributed by atoms with Crippen molar-refractivity contribution in [2.24, 2.45) is 5.73 Å². The fourth-order valence-electron chi connectivity index (χ4n) is 1.71. The predicted octanol–water partition coefficient (Wildman–Crippen LogP) is 1.65. The summed E-state index contributed by atoms with van der Waals surface area (Å²) in [5, 5.41) is 2.77. The summed E-state index contributed by atoms with van der Waals surface area (Å²) in [4.78, 5) is 15.7. The van der Waals surface area contributed by atoms with E-state index in [9.17, 15) is 9.18 Å². The number of hydrogen-bond donors (Lipinski definition) is 2. The van der Waals surface area contributed by atoms with Crippen molar-refractivity contribution in [1.29, 1.82) is 0 Å². The molecule has 4 nitrogen and oxygen atoms in total. The quantitative estimate of drug-likeness (QED) is 0.877. The number of rotatable bonds is 4. The normalized spacial score (nSPS) is 11.9. The predicted molar refractivity (Wildman–Crippen MR) is 69.9 cm³/mol. The molecule has 1 atom stereocenters. The van der Waals surface area contributed by atoms with E-state index in [-0.39, 0.29) is 24.2 Å². The number of nitrogens with two attached hydrogens (primary N) is 1. The third kappa shape index (κ3) is 3.35. The minimum atomic E-state index is -0.477. The summed E-state index contributed by atoms with van der Waals surface area (Å²) in [5.74, 6) is -0.853. The third-order valence-corrected chi connectivity index (χ3v) is 2.70.